The number of rotatable bonds is 8. The van der Waals surface area contributed by atoms with Crippen LogP contribution < -0.4 is 10.0 Å². The van der Waals surface area contributed by atoms with Crippen LogP contribution in [0.15, 0.2) is 0 Å². The molecule has 0 saturated carbocycles. The Morgan fingerprint density at radius 3 is 2.53 bits per heavy atom. The van der Waals surface area contributed by atoms with E-state index < -0.39 is 10.2 Å². The molecule has 0 bridgehead atoms. The Bertz CT molecular complexity index is 340. The molecule has 1 heterocycles. The third-order valence-corrected chi connectivity index (χ3v) is 5.28. The highest BCUT2D eigenvalue weighted by Gasteiger charge is 2.29. The Labute approximate surface area is 117 Å². The fraction of sp³-hybridized carbons (Fsp3) is 1.00. The summed E-state index contributed by atoms with van der Waals surface area (Å²) in [6.07, 6.45) is 1.83. The predicted molar refractivity (Wildman–Crippen MR) is 76.2 cm³/mol. The van der Waals surface area contributed by atoms with E-state index in [2.05, 4.69) is 23.9 Å². The Kier molecular flexibility index (Phi) is 7.23. The lowest BCUT2D eigenvalue weighted by atomic mass is 9.91. The first-order valence-corrected chi connectivity index (χ1v) is 8.42. The molecule has 2 N–H and O–H groups in total. The highest BCUT2D eigenvalue weighted by atomic mass is 32.2. The maximum atomic E-state index is 12.0. The normalized spacial score (nSPS) is 20.6. The van der Waals surface area contributed by atoms with Gasteiger partial charge in [-0.1, -0.05) is 6.92 Å². The van der Waals surface area contributed by atoms with Crippen molar-refractivity contribution in [3.63, 3.8) is 0 Å². The molecule has 0 aromatic heterocycles. The summed E-state index contributed by atoms with van der Waals surface area (Å²) in [5, 5.41) is 3.41. The number of ether oxygens (including phenoxy) is 1. The fourth-order valence-electron chi connectivity index (χ4n) is 2.47. The third-order valence-electron chi connectivity index (χ3n) is 3.66. The molecule has 0 aromatic rings. The molecule has 1 unspecified atom stereocenters. The molecular weight excluding hydrogens is 266 g/mol. The van der Waals surface area contributed by atoms with Crippen molar-refractivity contribution in [1.82, 2.24) is 14.3 Å². The van der Waals surface area contributed by atoms with E-state index in [4.69, 9.17) is 4.74 Å². The zero-order valence-electron chi connectivity index (χ0n) is 12.2. The number of methoxy groups -OCH3 is 1. The largest absolute Gasteiger partial charge is 0.383 e. The molecule has 0 aliphatic carbocycles. The molecule has 0 aromatic carbocycles. The quantitative estimate of drug-likeness (QED) is 0.626. The smallest absolute Gasteiger partial charge is 0.279 e. The van der Waals surface area contributed by atoms with Gasteiger partial charge in [0.2, 0.25) is 0 Å². The summed E-state index contributed by atoms with van der Waals surface area (Å²) in [6.45, 7) is 7.15. The molecule has 7 heteroatoms. The van der Waals surface area contributed by atoms with Crippen LogP contribution in [0.25, 0.3) is 0 Å². The molecule has 19 heavy (non-hydrogen) atoms. The van der Waals surface area contributed by atoms with Crippen LogP contribution in [0.5, 0.6) is 0 Å². The first kappa shape index (κ1) is 16.8. The Morgan fingerprint density at radius 2 is 2.00 bits per heavy atom. The van der Waals surface area contributed by atoms with Gasteiger partial charge in [-0.15, -0.1) is 0 Å². The number of piperidine rings is 1. The maximum Gasteiger partial charge on any atom is 0.279 e. The van der Waals surface area contributed by atoms with Crippen LogP contribution in [0.1, 0.15) is 26.7 Å². The van der Waals surface area contributed by atoms with Gasteiger partial charge in [0.05, 0.1) is 6.61 Å². The van der Waals surface area contributed by atoms with Gasteiger partial charge in [-0.2, -0.15) is 17.4 Å². The average Bonchev–Trinajstić information content (AvgIpc) is 2.39. The van der Waals surface area contributed by atoms with Gasteiger partial charge in [-0.25, -0.2) is 0 Å². The molecule has 0 radical (unpaired) electrons. The van der Waals surface area contributed by atoms with Crippen LogP contribution >= 0.6 is 0 Å². The van der Waals surface area contributed by atoms with Crippen LogP contribution in [-0.2, 0) is 14.9 Å². The van der Waals surface area contributed by atoms with Crippen molar-refractivity contribution in [2.24, 2.45) is 5.92 Å². The van der Waals surface area contributed by atoms with Crippen LogP contribution in [0.4, 0.5) is 0 Å². The maximum absolute atomic E-state index is 12.0. The van der Waals surface area contributed by atoms with Crippen molar-refractivity contribution in [2.45, 2.75) is 32.7 Å². The third kappa shape index (κ3) is 5.35. The van der Waals surface area contributed by atoms with Gasteiger partial charge in [-0.05, 0) is 32.2 Å². The van der Waals surface area contributed by atoms with Crippen molar-refractivity contribution in [3.05, 3.63) is 0 Å². The van der Waals surface area contributed by atoms with Gasteiger partial charge >= 0.3 is 0 Å². The number of hydrogen-bond donors (Lipinski definition) is 2. The molecule has 1 fully saturated rings. The van der Waals surface area contributed by atoms with Crippen LogP contribution in [0.2, 0.25) is 0 Å². The molecule has 1 atom stereocenters. The van der Waals surface area contributed by atoms with Gasteiger partial charge in [0.25, 0.3) is 10.2 Å². The standard InChI is InChI=1S/C12H27N3O3S/c1-4-13-11(2)12-5-8-15(9-6-12)19(16,17)14-7-10-18-3/h11-14H,4-10H2,1-3H3. The Hall–Kier alpha value is -0.210. The second-order valence-corrected chi connectivity index (χ2v) is 6.73. The minimum Gasteiger partial charge on any atom is -0.383 e. The van der Waals surface area contributed by atoms with Crippen LogP contribution in [0.3, 0.4) is 0 Å². The SMILES string of the molecule is CCNC(C)C1CCN(S(=O)(=O)NCCOC)CC1. The van der Waals surface area contributed by atoms with Crippen molar-refractivity contribution in [3.8, 4) is 0 Å². The van der Waals surface area contributed by atoms with Crippen LogP contribution in [-0.4, -0.2) is 58.7 Å². The predicted octanol–water partition coefficient (Wildman–Crippen LogP) is 0.177. The van der Waals surface area contributed by atoms with Gasteiger partial charge < -0.3 is 10.1 Å². The molecule has 0 spiro atoms. The minimum atomic E-state index is -3.33. The molecule has 114 valence electrons. The van der Waals surface area contributed by atoms with Gasteiger partial charge in [0.15, 0.2) is 0 Å². The summed E-state index contributed by atoms with van der Waals surface area (Å²) in [5.74, 6) is 0.561. The summed E-state index contributed by atoms with van der Waals surface area (Å²) in [4.78, 5) is 0. The average molecular weight is 293 g/mol. The molecule has 6 nitrogen and oxygen atoms in total. The summed E-state index contributed by atoms with van der Waals surface area (Å²) in [5.41, 5.74) is 0. The topological polar surface area (TPSA) is 70.7 Å². The van der Waals surface area contributed by atoms with Crippen LogP contribution in [0, 0.1) is 5.92 Å². The fourth-order valence-corrected chi connectivity index (χ4v) is 3.68. The van der Waals surface area contributed by atoms with E-state index >= 15 is 0 Å². The summed E-state index contributed by atoms with van der Waals surface area (Å²) in [7, 11) is -1.78. The van der Waals surface area contributed by atoms with Crippen molar-refractivity contribution in [1.29, 1.82) is 0 Å². The highest BCUT2D eigenvalue weighted by molar-refractivity contribution is 7.87. The van der Waals surface area contributed by atoms with E-state index in [1.807, 2.05) is 0 Å². The van der Waals surface area contributed by atoms with Gasteiger partial charge in [0, 0.05) is 32.8 Å². The van der Waals surface area contributed by atoms with E-state index in [1.54, 1.807) is 7.11 Å². The second kappa shape index (κ2) is 8.16. The van der Waals surface area contributed by atoms with Crippen molar-refractivity contribution in [2.75, 3.05) is 39.9 Å². The van der Waals surface area contributed by atoms with Gasteiger partial charge in [-0.3, -0.25) is 0 Å². The van der Waals surface area contributed by atoms with Crippen molar-refractivity contribution >= 4 is 10.2 Å². The van der Waals surface area contributed by atoms with Crippen molar-refractivity contribution < 1.29 is 13.2 Å². The molecule has 1 saturated heterocycles. The first-order chi connectivity index (χ1) is 9.01. The number of nitrogens with one attached hydrogen (secondary N) is 2. The van der Waals surface area contributed by atoms with Gasteiger partial charge in [0.1, 0.15) is 0 Å². The minimum absolute atomic E-state index is 0.326. The highest BCUT2D eigenvalue weighted by Crippen LogP contribution is 2.21. The molecule has 1 aliphatic heterocycles. The van der Waals surface area contributed by atoms with E-state index in [1.165, 1.54) is 4.31 Å². The Balaban J connectivity index is 2.40. The summed E-state index contributed by atoms with van der Waals surface area (Å²) in [6, 6.07) is 0.455. The summed E-state index contributed by atoms with van der Waals surface area (Å²) < 4.78 is 33.0. The molecular formula is C12H27N3O3S. The number of hydrogen-bond acceptors (Lipinski definition) is 4. The zero-order valence-corrected chi connectivity index (χ0v) is 13.0. The van der Waals surface area contributed by atoms with E-state index in [9.17, 15) is 8.42 Å². The van der Waals surface area contributed by atoms with E-state index in [-0.39, 0.29) is 0 Å². The lowest BCUT2D eigenvalue weighted by molar-refractivity contribution is 0.201. The lowest BCUT2D eigenvalue weighted by Crippen LogP contribution is -2.48. The first-order valence-electron chi connectivity index (χ1n) is 6.98. The zero-order chi connectivity index (χ0) is 14.3. The number of nitrogens with zero attached hydrogens (tertiary/aromatic N) is 1. The molecule has 1 rings (SSSR count). The lowest BCUT2D eigenvalue weighted by Gasteiger charge is -2.34. The van der Waals surface area contributed by atoms with E-state index in [0.29, 0.717) is 38.2 Å². The molecule has 1 aliphatic rings. The molecule has 0 amide bonds. The van der Waals surface area contributed by atoms with E-state index in [0.717, 1.165) is 19.4 Å². The second-order valence-electron chi connectivity index (χ2n) is 4.98. The Morgan fingerprint density at radius 1 is 1.37 bits per heavy atom. The monoisotopic (exact) mass is 293 g/mol. The summed E-state index contributed by atoms with van der Waals surface area (Å²) >= 11 is 0.